The van der Waals surface area contributed by atoms with Gasteiger partial charge in [-0.05, 0) is 31.0 Å². The Morgan fingerprint density at radius 2 is 1.52 bits per heavy atom. The van der Waals surface area contributed by atoms with Gasteiger partial charge in [-0.2, -0.15) is 0 Å². The lowest BCUT2D eigenvalue weighted by molar-refractivity contribution is -0.144. The van der Waals surface area contributed by atoms with E-state index >= 15 is 0 Å². The summed E-state index contributed by atoms with van der Waals surface area (Å²) in [6, 6.07) is 12.8. The van der Waals surface area contributed by atoms with Crippen LogP contribution in [0.3, 0.4) is 0 Å². The fourth-order valence-electron chi connectivity index (χ4n) is 3.81. The van der Waals surface area contributed by atoms with Crippen molar-refractivity contribution in [2.24, 2.45) is 5.41 Å². The number of rotatable bonds is 5. The minimum atomic E-state index is -1.04. The van der Waals surface area contributed by atoms with Gasteiger partial charge in [-0.15, -0.1) is 0 Å². The van der Waals surface area contributed by atoms with Crippen molar-refractivity contribution in [3.63, 3.8) is 0 Å². The van der Waals surface area contributed by atoms with E-state index in [0.29, 0.717) is 50.3 Å². The molecular weight excluding hydrogens is 376 g/mol. The van der Waals surface area contributed by atoms with Crippen LogP contribution in [0.5, 0.6) is 0 Å². The third-order valence-electron chi connectivity index (χ3n) is 5.75. The van der Waals surface area contributed by atoms with Crippen molar-refractivity contribution in [3.05, 3.63) is 65.7 Å². The lowest BCUT2D eigenvalue weighted by Gasteiger charge is -2.37. The molecule has 1 saturated carbocycles. The minimum Gasteiger partial charge on any atom is -0.366 e. The molecule has 1 saturated heterocycles. The Hall–Kier alpha value is -2.96. The monoisotopic (exact) mass is 399 g/mol. The summed E-state index contributed by atoms with van der Waals surface area (Å²) in [5, 5.41) is 2.72. The number of anilines is 1. The van der Waals surface area contributed by atoms with Gasteiger partial charge in [0.25, 0.3) is 0 Å². The van der Waals surface area contributed by atoms with Crippen LogP contribution in [0, 0.1) is 17.0 Å². The van der Waals surface area contributed by atoms with Gasteiger partial charge in [0.1, 0.15) is 17.0 Å². The fraction of sp³-hybridized carbons (Fsp3) is 0.364. The van der Waals surface area contributed by atoms with E-state index in [1.54, 1.807) is 41.3 Å². The second kappa shape index (κ2) is 7.81. The standard InChI is InChI=1S/C22H23F2N3O2/c23-17-6-2-1-5-16(17)15-25-20(28)22(9-10-22)21(29)27-13-11-26(12-14-27)19-8-4-3-7-18(19)24/h1-8H,9-15H2,(H,25,28). The van der Waals surface area contributed by atoms with Crippen LogP contribution in [0.25, 0.3) is 0 Å². The molecule has 0 bridgehead atoms. The van der Waals surface area contributed by atoms with Crippen molar-refractivity contribution in [2.75, 3.05) is 31.1 Å². The molecular formula is C22H23F2N3O2. The predicted molar refractivity (Wildman–Crippen MR) is 105 cm³/mol. The molecule has 0 unspecified atom stereocenters. The van der Waals surface area contributed by atoms with Crippen molar-refractivity contribution in [1.82, 2.24) is 10.2 Å². The molecule has 152 valence electrons. The first-order chi connectivity index (χ1) is 14.0. The van der Waals surface area contributed by atoms with Crippen LogP contribution in [0.1, 0.15) is 18.4 Å². The smallest absolute Gasteiger partial charge is 0.238 e. The molecule has 0 radical (unpaired) electrons. The molecule has 2 aromatic rings. The number of hydrogen-bond acceptors (Lipinski definition) is 3. The number of piperazine rings is 1. The molecule has 2 aromatic carbocycles. The number of halogens is 2. The number of amides is 2. The minimum absolute atomic E-state index is 0.0571. The maximum atomic E-state index is 14.0. The zero-order valence-corrected chi connectivity index (χ0v) is 16.0. The summed E-state index contributed by atoms with van der Waals surface area (Å²) in [5.74, 6) is -1.19. The summed E-state index contributed by atoms with van der Waals surface area (Å²) in [7, 11) is 0. The highest BCUT2D eigenvalue weighted by Crippen LogP contribution is 2.47. The van der Waals surface area contributed by atoms with Gasteiger partial charge in [-0.3, -0.25) is 9.59 Å². The molecule has 0 aromatic heterocycles. The SMILES string of the molecule is O=C(NCc1ccccc1F)C1(C(=O)N2CCN(c3ccccc3F)CC2)CC1. The van der Waals surface area contributed by atoms with Crippen LogP contribution in [0.4, 0.5) is 14.5 Å². The van der Waals surface area contributed by atoms with Crippen molar-refractivity contribution in [3.8, 4) is 0 Å². The van der Waals surface area contributed by atoms with Crippen LogP contribution in [-0.4, -0.2) is 42.9 Å². The molecule has 2 aliphatic rings. The van der Waals surface area contributed by atoms with Gasteiger partial charge in [-0.1, -0.05) is 30.3 Å². The summed E-state index contributed by atoms with van der Waals surface area (Å²) in [6.45, 7) is 1.96. The number of carbonyl (C=O) groups excluding carboxylic acids is 2. The number of nitrogens with zero attached hydrogens (tertiary/aromatic N) is 2. The second-order valence-corrected chi connectivity index (χ2v) is 7.59. The van der Waals surface area contributed by atoms with Gasteiger partial charge >= 0.3 is 0 Å². The van der Waals surface area contributed by atoms with Gasteiger partial charge in [0.15, 0.2) is 0 Å². The van der Waals surface area contributed by atoms with E-state index in [0.717, 1.165) is 0 Å². The van der Waals surface area contributed by atoms with E-state index in [9.17, 15) is 18.4 Å². The van der Waals surface area contributed by atoms with Crippen molar-refractivity contribution < 1.29 is 18.4 Å². The van der Waals surface area contributed by atoms with Crippen molar-refractivity contribution in [2.45, 2.75) is 19.4 Å². The molecule has 2 fully saturated rings. The summed E-state index contributed by atoms with van der Waals surface area (Å²) < 4.78 is 27.7. The molecule has 0 spiro atoms. The van der Waals surface area contributed by atoms with Gasteiger partial charge in [-0.25, -0.2) is 8.78 Å². The van der Waals surface area contributed by atoms with Gasteiger partial charge in [0, 0.05) is 38.3 Å². The van der Waals surface area contributed by atoms with Crippen LogP contribution in [0.2, 0.25) is 0 Å². The maximum absolute atomic E-state index is 14.0. The highest BCUT2D eigenvalue weighted by molar-refractivity contribution is 6.07. The number of benzene rings is 2. The average molecular weight is 399 g/mol. The number of nitrogens with one attached hydrogen (secondary N) is 1. The topological polar surface area (TPSA) is 52.7 Å². The van der Waals surface area contributed by atoms with Crippen LogP contribution in [-0.2, 0) is 16.1 Å². The Bertz CT molecular complexity index is 922. The predicted octanol–water partition coefficient (Wildman–Crippen LogP) is 2.71. The van der Waals surface area contributed by atoms with E-state index < -0.39 is 5.41 Å². The van der Waals surface area contributed by atoms with Gasteiger partial charge in [0.2, 0.25) is 11.8 Å². The number of hydrogen-bond donors (Lipinski definition) is 1. The normalized spacial score (nSPS) is 17.7. The van der Waals surface area contributed by atoms with Crippen LogP contribution < -0.4 is 10.2 Å². The highest BCUT2D eigenvalue weighted by Gasteiger charge is 2.58. The number of para-hydroxylation sites is 1. The molecule has 5 nitrogen and oxygen atoms in total. The lowest BCUT2D eigenvalue weighted by atomic mass is 10.0. The summed E-state index contributed by atoms with van der Waals surface area (Å²) in [4.78, 5) is 29.3. The lowest BCUT2D eigenvalue weighted by Crippen LogP contribution is -2.53. The largest absolute Gasteiger partial charge is 0.366 e. The third-order valence-corrected chi connectivity index (χ3v) is 5.75. The van der Waals surface area contributed by atoms with Crippen molar-refractivity contribution >= 4 is 17.5 Å². The first-order valence-corrected chi connectivity index (χ1v) is 9.82. The van der Waals surface area contributed by atoms with E-state index in [4.69, 9.17) is 0 Å². The molecule has 1 N–H and O–H groups in total. The Morgan fingerprint density at radius 3 is 2.14 bits per heavy atom. The second-order valence-electron chi connectivity index (χ2n) is 7.59. The summed E-state index contributed by atoms with van der Waals surface area (Å²) >= 11 is 0. The fourth-order valence-corrected chi connectivity index (χ4v) is 3.81. The molecule has 4 rings (SSSR count). The Kier molecular flexibility index (Phi) is 5.22. The molecule has 7 heteroatoms. The Morgan fingerprint density at radius 1 is 0.897 bits per heavy atom. The zero-order chi connectivity index (χ0) is 20.4. The zero-order valence-electron chi connectivity index (χ0n) is 16.0. The van der Waals surface area contributed by atoms with Crippen molar-refractivity contribution in [1.29, 1.82) is 0 Å². The van der Waals surface area contributed by atoms with E-state index in [2.05, 4.69) is 5.32 Å². The molecule has 1 heterocycles. The molecule has 29 heavy (non-hydrogen) atoms. The first kappa shape index (κ1) is 19.4. The van der Waals surface area contributed by atoms with E-state index in [1.807, 2.05) is 4.90 Å². The quantitative estimate of drug-likeness (QED) is 0.787. The summed E-state index contributed by atoms with van der Waals surface area (Å²) in [5.41, 5.74) is -0.114. The molecule has 1 aliphatic heterocycles. The van der Waals surface area contributed by atoms with E-state index in [-0.39, 0.29) is 30.0 Å². The molecule has 2 amide bonds. The number of carbonyl (C=O) groups is 2. The summed E-state index contributed by atoms with van der Waals surface area (Å²) in [6.07, 6.45) is 1.00. The van der Waals surface area contributed by atoms with Gasteiger partial charge < -0.3 is 15.1 Å². The average Bonchev–Trinajstić information content (AvgIpc) is 3.55. The van der Waals surface area contributed by atoms with Gasteiger partial charge in [0.05, 0.1) is 5.69 Å². The molecule has 1 aliphatic carbocycles. The van der Waals surface area contributed by atoms with E-state index in [1.165, 1.54) is 12.1 Å². The van der Waals surface area contributed by atoms with Crippen LogP contribution in [0.15, 0.2) is 48.5 Å². The highest BCUT2D eigenvalue weighted by atomic mass is 19.1. The Labute approximate surface area is 168 Å². The molecule has 0 atom stereocenters. The Balaban J connectivity index is 1.35. The van der Waals surface area contributed by atoms with Crippen LogP contribution >= 0.6 is 0 Å². The third kappa shape index (κ3) is 3.81. The maximum Gasteiger partial charge on any atom is 0.238 e. The first-order valence-electron chi connectivity index (χ1n) is 9.82.